The Morgan fingerprint density at radius 1 is 0.455 bits per heavy atom. The van der Waals surface area contributed by atoms with Gasteiger partial charge in [0.05, 0.1) is 5.69 Å². The SMILES string of the molecule is CC1(C)c2ccccc2-c2cc(-c3ccc(-c4ccc5c(c4)CCCC5)cc3)c(N(c3ccccc3)c3ccccc3)cc21. The molecule has 0 saturated heterocycles. The van der Waals surface area contributed by atoms with E-state index >= 15 is 0 Å². The van der Waals surface area contributed by atoms with Gasteiger partial charge in [-0.05, 0) is 112 Å². The van der Waals surface area contributed by atoms with Crippen molar-refractivity contribution in [3.05, 3.63) is 162 Å². The van der Waals surface area contributed by atoms with Crippen LogP contribution in [0.15, 0.2) is 140 Å². The van der Waals surface area contributed by atoms with Gasteiger partial charge < -0.3 is 4.90 Å². The number of hydrogen-bond donors (Lipinski definition) is 0. The molecule has 2 aliphatic carbocycles. The molecule has 0 amide bonds. The van der Waals surface area contributed by atoms with Crippen LogP contribution in [0.25, 0.3) is 33.4 Å². The highest BCUT2D eigenvalue weighted by molar-refractivity contribution is 5.95. The molecule has 214 valence electrons. The maximum absolute atomic E-state index is 2.46. The van der Waals surface area contributed by atoms with Crippen LogP contribution in [0.2, 0.25) is 0 Å². The van der Waals surface area contributed by atoms with E-state index in [-0.39, 0.29) is 5.41 Å². The normalized spacial score (nSPS) is 14.4. The van der Waals surface area contributed by atoms with Crippen molar-refractivity contribution >= 4 is 17.1 Å². The zero-order chi connectivity index (χ0) is 29.7. The summed E-state index contributed by atoms with van der Waals surface area (Å²) in [7, 11) is 0. The Labute approximate surface area is 261 Å². The lowest BCUT2D eigenvalue weighted by atomic mass is 9.81. The molecule has 0 radical (unpaired) electrons. The van der Waals surface area contributed by atoms with Crippen LogP contribution in [-0.2, 0) is 18.3 Å². The quantitative estimate of drug-likeness (QED) is 0.200. The molecular formula is C43H37N. The number of benzene rings is 6. The summed E-state index contributed by atoms with van der Waals surface area (Å²) in [5.41, 5.74) is 17.0. The molecular weight excluding hydrogens is 530 g/mol. The Bertz CT molecular complexity index is 1930. The van der Waals surface area contributed by atoms with Crippen molar-refractivity contribution in [3.63, 3.8) is 0 Å². The van der Waals surface area contributed by atoms with Crippen LogP contribution in [0.4, 0.5) is 17.1 Å². The van der Waals surface area contributed by atoms with Gasteiger partial charge in [0.1, 0.15) is 0 Å². The molecule has 0 aliphatic heterocycles. The van der Waals surface area contributed by atoms with Crippen molar-refractivity contribution in [2.45, 2.75) is 44.9 Å². The van der Waals surface area contributed by atoms with E-state index in [1.165, 1.54) is 87.0 Å². The van der Waals surface area contributed by atoms with Crippen LogP contribution < -0.4 is 4.90 Å². The Balaban J connectivity index is 1.32. The van der Waals surface area contributed by atoms with Crippen LogP contribution in [-0.4, -0.2) is 0 Å². The van der Waals surface area contributed by atoms with E-state index in [1.54, 1.807) is 0 Å². The van der Waals surface area contributed by atoms with Crippen LogP contribution in [0.5, 0.6) is 0 Å². The van der Waals surface area contributed by atoms with E-state index in [9.17, 15) is 0 Å². The van der Waals surface area contributed by atoms with E-state index < -0.39 is 0 Å². The van der Waals surface area contributed by atoms with E-state index in [4.69, 9.17) is 0 Å². The first kappa shape index (κ1) is 26.7. The van der Waals surface area contributed by atoms with Crippen molar-refractivity contribution in [3.8, 4) is 33.4 Å². The topological polar surface area (TPSA) is 3.24 Å². The summed E-state index contributed by atoms with van der Waals surface area (Å²) < 4.78 is 0. The lowest BCUT2D eigenvalue weighted by Crippen LogP contribution is -2.17. The Kier molecular flexibility index (Phi) is 6.49. The molecule has 0 bridgehead atoms. The van der Waals surface area contributed by atoms with Gasteiger partial charge in [-0.1, -0.05) is 117 Å². The number of rotatable bonds is 5. The smallest absolute Gasteiger partial charge is 0.0543 e. The fourth-order valence-corrected chi connectivity index (χ4v) is 7.49. The van der Waals surface area contributed by atoms with E-state index in [0.717, 1.165) is 11.4 Å². The van der Waals surface area contributed by atoms with Crippen molar-refractivity contribution in [2.75, 3.05) is 4.90 Å². The Morgan fingerprint density at radius 2 is 1.05 bits per heavy atom. The lowest BCUT2D eigenvalue weighted by molar-refractivity contribution is 0.660. The minimum Gasteiger partial charge on any atom is -0.310 e. The average molecular weight is 568 g/mol. The van der Waals surface area contributed by atoms with Gasteiger partial charge in [-0.25, -0.2) is 0 Å². The molecule has 44 heavy (non-hydrogen) atoms. The summed E-state index contributed by atoms with van der Waals surface area (Å²) in [6, 6.07) is 51.7. The molecule has 8 rings (SSSR count). The first-order chi connectivity index (χ1) is 21.6. The van der Waals surface area contributed by atoms with Gasteiger partial charge in [0.2, 0.25) is 0 Å². The highest BCUT2D eigenvalue weighted by Crippen LogP contribution is 2.53. The largest absolute Gasteiger partial charge is 0.310 e. The van der Waals surface area contributed by atoms with Gasteiger partial charge in [0.25, 0.3) is 0 Å². The molecule has 1 nitrogen and oxygen atoms in total. The Morgan fingerprint density at radius 3 is 1.75 bits per heavy atom. The predicted octanol–water partition coefficient (Wildman–Crippen LogP) is 11.7. The molecule has 0 unspecified atom stereocenters. The fourth-order valence-electron chi connectivity index (χ4n) is 7.49. The number of anilines is 3. The summed E-state index contributed by atoms with van der Waals surface area (Å²) in [5.74, 6) is 0. The van der Waals surface area contributed by atoms with E-state index in [2.05, 4.69) is 158 Å². The number of aryl methyl sites for hydroxylation is 2. The van der Waals surface area contributed by atoms with Gasteiger partial charge >= 0.3 is 0 Å². The molecule has 0 heterocycles. The third kappa shape index (κ3) is 4.47. The molecule has 0 aromatic heterocycles. The zero-order valence-corrected chi connectivity index (χ0v) is 25.6. The fraction of sp³-hybridized carbons (Fsp3) is 0.163. The molecule has 6 aromatic rings. The van der Waals surface area contributed by atoms with E-state index in [0.29, 0.717) is 0 Å². The summed E-state index contributed by atoms with van der Waals surface area (Å²) in [5, 5.41) is 0. The maximum Gasteiger partial charge on any atom is 0.0543 e. The van der Waals surface area contributed by atoms with Crippen molar-refractivity contribution in [1.82, 2.24) is 0 Å². The molecule has 2 aliphatic rings. The van der Waals surface area contributed by atoms with Crippen molar-refractivity contribution in [2.24, 2.45) is 0 Å². The summed E-state index contributed by atoms with van der Waals surface area (Å²) in [6.07, 6.45) is 5.03. The van der Waals surface area contributed by atoms with Crippen LogP contribution in [0.3, 0.4) is 0 Å². The van der Waals surface area contributed by atoms with Gasteiger partial charge in [-0.15, -0.1) is 0 Å². The Hall–Kier alpha value is -4.88. The lowest BCUT2D eigenvalue weighted by Gasteiger charge is -2.30. The molecule has 0 fully saturated rings. The van der Waals surface area contributed by atoms with Crippen LogP contribution in [0.1, 0.15) is 48.9 Å². The first-order valence-corrected chi connectivity index (χ1v) is 16.0. The van der Waals surface area contributed by atoms with E-state index in [1.807, 2.05) is 0 Å². The highest BCUT2D eigenvalue weighted by Gasteiger charge is 2.37. The second-order valence-corrected chi connectivity index (χ2v) is 12.9. The standard InChI is InChI=1S/C43H37N/c1-43(2)40-20-12-11-19-37(40)39-28-38(32-24-21-31(22-25-32)34-26-23-30-13-9-10-14-33(30)27-34)42(29-41(39)43)44(35-15-5-3-6-16-35)36-17-7-4-8-18-36/h3-8,11-12,15-29H,9-10,13-14H2,1-2H3. The number of nitrogens with zero attached hydrogens (tertiary/aromatic N) is 1. The summed E-state index contributed by atoms with van der Waals surface area (Å²) in [6.45, 7) is 4.73. The third-order valence-electron chi connectivity index (χ3n) is 9.85. The van der Waals surface area contributed by atoms with Gasteiger partial charge in [0.15, 0.2) is 0 Å². The summed E-state index contributed by atoms with van der Waals surface area (Å²) >= 11 is 0. The molecule has 0 N–H and O–H groups in total. The molecule has 0 spiro atoms. The number of para-hydroxylation sites is 2. The van der Waals surface area contributed by atoms with Crippen molar-refractivity contribution in [1.29, 1.82) is 0 Å². The molecule has 6 aromatic carbocycles. The molecule has 0 saturated carbocycles. The minimum atomic E-state index is -0.0887. The second-order valence-electron chi connectivity index (χ2n) is 12.9. The van der Waals surface area contributed by atoms with Gasteiger partial charge in [0, 0.05) is 22.4 Å². The van der Waals surface area contributed by atoms with Crippen LogP contribution >= 0.6 is 0 Å². The first-order valence-electron chi connectivity index (χ1n) is 16.0. The highest BCUT2D eigenvalue weighted by atomic mass is 15.1. The average Bonchev–Trinajstić information content (AvgIpc) is 3.31. The zero-order valence-electron chi connectivity index (χ0n) is 25.6. The maximum atomic E-state index is 2.46. The molecule has 1 heteroatoms. The second kappa shape index (κ2) is 10.7. The number of fused-ring (bicyclic) bond motifs is 4. The van der Waals surface area contributed by atoms with Gasteiger partial charge in [-0.2, -0.15) is 0 Å². The van der Waals surface area contributed by atoms with Crippen molar-refractivity contribution < 1.29 is 0 Å². The monoisotopic (exact) mass is 567 g/mol. The third-order valence-corrected chi connectivity index (χ3v) is 9.85. The summed E-state index contributed by atoms with van der Waals surface area (Å²) in [4.78, 5) is 2.42. The molecule has 0 atom stereocenters. The minimum absolute atomic E-state index is 0.0887. The number of hydrogen-bond acceptors (Lipinski definition) is 1. The van der Waals surface area contributed by atoms with Gasteiger partial charge in [-0.3, -0.25) is 0 Å². The predicted molar refractivity (Wildman–Crippen MR) is 186 cm³/mol. The van der Waals surface area contributed by atoms with Crippen LogP contribution in [0, 0.1) is 0 Å².